The van der Waals surface area contributed by atoms with Crippen molar-refractivity contribution in [2.45, 2.75) is 37.2 Å². The quantitative estimate of drug-likeness (QED) is 0.153. The number of anilines is 1. The molecule has 0 aromatic heterocycles. The second-order valence-electron chi connectivity index (χ2n) is 10.4. The minimum absolute atomic E-state index is 0.0664. The summed E-state index contributed by atoms with van der Waals surface area (Å²) in [6.45, 7) is 1.51. The van der Waals surface area contributed by atoms with Gasteiger partial charge in [0.2, 0.25) is 11.8 Å². The molecular formula is C34H34Cl3N3O5S. The molecule has 0 unspecified atom stereocenters. The second kappa shape index (κ2) is 16.2. The number of ether oxygens (including phenoxy) is 1. The van der Waals surface area contributed by atoms with Gasteiger partial charge in [0.1, 0.15) is 18.3 Å². The van der Waals surface area contributed by atoms with E-state index in [0.717, 1.165) is 9.87 Å². The topological polar surface area (TPSA) is 96.0 Å². The number of sulfonamides is 1. The summed E-state index contributed by atoms with van der Waals surface area (Å²) in [6, 6.07) is 25.2. The molecule has 4 aromatic rings. The molecule has 2 amide bonds. The molecule has 8 nitrogen and oxygen atoms in total. The monoisotopic (exact) mass is 701 g/mol. The van der Waals surface area contributed by atoms with Crippen molar-refractivity contribution in [2.24, 2.45) is 0 Å². The lowest BCUT2D eigenvalue weighted by atomic mass is 10.0. The summed E-state index contributed by atoms with van der Waals surface area (Å²) in [4.78, 5) is 29.6. The first-order valence-corrected chi connectivity index (χ1v) is 17.1. The van der Waals surface area contributed by atoms with Crippen LogP contribution in [-0.4, -0.2) is 51.4 Å². The molecule has 242 valence electrons. The maximum absolute atomic E-state index is 14.5. The highest BCUT2D eigenvalue weighted by molar-refractivity contribution is 7.92. The van der Waals surface area contributed by atoms with Crippen LogP contribution in [0, 0.1) is 0 Å². The maximum atomic E-state index is 14.5. The van der Waals surface area contributed by atoms with Gasteiger partial charge in [-0.2, -0.15) is 0 Å². The van der Waals surface area contributed by atoms with Crippen LogP contribution in [0.5, 0.6) is 5.75 Å². The van der Waals surface area contributed by atoms with E-state index in [9.17, 15) is 18.0 Å². The first-order valence-electron chi connectivity index (χ1n) is 14.5. The molecule has 0 aliphatic heterocycles. The Labute approximate surface area is 284 Å². The molecule has 0 bridgehead atoms. The van der Waals surface area contributed by atoms with Gasteiger partial charge in [-0.05, 0) is 66.6 Å². The minimum atomic E-state index is -4.31. The predicted octanol–water partition coefficient (Wildman–Crippen LogP) is 7.02. The number of nitrogens with zero attached hydrogens (tertiary/aromatic N) is 2. The average molecular weight is 703 g/mol. The van der Waals surface area contributed by atoms with E-state index in [1.807, 2.05) is 37.3 Å². The van der Waals surface area contributed by atoms with Crippen LogP contribution in [0.25, 0.3) is 0 Å². The Morgan fingerprint density at radius 3 is 2.13 bits per heavy atom. The van der Waals surface area contributed by atoms with Crippen LogP contribution in [0.1, 0.15) is 24.5 Å². The van der Waals surface area contributed by atoms with Gasteiger partial charge in [-0.15, -0.1) is 0 Å². The van der Waals surface area contributed by atoms with E-state index in [2.05, 4.69) is 5.32 Å². The van der Waals surface area contributed by atoms with Gasteiger partial charge in [0.25, 0.3) is 10.0 Å². The van der Waals surface area contributed by atoms with Crippen LogP contribution >= 0.6 is 34.8 Å². The van der Waals surface area contributed by atoms with E-state index >= 15 is 0 Å². The summed E-state index contributed by atoms with van der Waals surface area (Å²) in [6.07, 6.45) is 0.837. The average Bonchev–Trinajstić information content (AvgIpc) is 3.05. The molecule has 0 heterocycles. The number of benzene rings is 4. The van der Waals surface area contributed by atoms with Crippen LogP contribution in [0.4, 0.5) is 5.69 Å². The molecule has 12 heteroatoms. The van der Waals surface area contributed by atoms with Crippen molar-refractivity contribution in [3.8, 4) is 5.75 Å². The van der Waals surface area contributed by atoms with E-state index < -0.39 is 34.4 Å². The number of carbonyl (C=O) groups excluding carboxylic acids is 2. The van der Waals surface area contributed by atoms with Crippen molar-refractivity contribution in [3.05, 3.63) is 123 Å². The molecule has 0 fully saturated rings. The van der Waals surface area contributed by atoms with Crippen LogP contribution in [0.2, 0.25) is 15.1 Å². The lowest BCUT2D eigenvalue weighted by Gasteiger charge is -2.34. The molecular weight excluding hydrogens is 669 g/mol. The highest BCUT2D eigenvalue weighted by Crippen LogP contribution is 2.30. The predicted molar refractivity (Wildman–Crippen MR) is 183 cm³/mol. The van der Waals surface area contributed by atoms with E-state index in [1.54, 1.807) is 36.4 Å². The fourth-order valence-electron chi connectivity index (χ4n) is 4.81. The molecule has 4 rings (SSSR count). The van der Waals surface area contributed by atoms with Crippen molar-refractivity contribution in [3.63, 3.8) is 0 Å². The van der Waals surface area contributed by atoms with Gasteiger partial charge in [-0.3, -0.25) is 13.9 Å². The normalized spacial score (nSPS) is 11.8. The number of amides is 2. The molecule has 0 spiro atoms. The lowest BCUT2D eigenvalue weighted by molar-refractivity contribution is -0.140. The van der Waals surface area contributed by atoms with E-state index in [-0.39, 0.29) is 28.6 Å². The van der Waals surface area contributed by atoms with Gasteiger partial charge in [0.15, 0.2) is 0 Å². The van der Waals surface area contributed by atoms with Crippen LogP contribution < -0.4 is 14.4 Å². The Hall–Kier alpha value is -3.76. The summed E-state index contributed by atoms with van der Waals surface area (Å²) in [5, 5.41) is 3.78. The SMILES string of the molecule is CCCNC(=O)[C@H](Cc1ccccc1)N(Cc1c(Cl)cccc1Cl)C(=O)CN(c1cccc(Cl)c1)S(=O)(=O)c1ccc(OC)cc1. The standard InChI is InChI=1S/C34H34Cl3N3O5S/c1-3-19-38-34(42)32(20-24-9-5-4-6-10-24)39(22-29-30(36)13-8-14-31(29)37)33(41)23-40(26-12-7-11-25(35)21-26)46(43,44)28-17-15-27(45-2)16-18-28/h4-18,21,32H,3,19-20,22-23H2,1-2H3,(H,38,42)/t32-/m0/s1. The first-order chi connectivity index (χ1) is 22.0. The zero-order valence-corrected chi connectivity index (χ0v) is 28.4. The molecule has 1 N–H and O–H groups in total. The molecule has 1 atom stereocenters. The summed E-state index contributed by atoms with van der Waals surface area (Å²) in [5.74, 6) is -0.579. The Morgan fingerprint density at radius 1 is 0.870 bits per heavy atom. The van der Waals surface area contributed by atoms with Crippen molar-refractivity contribution in [1.82, 2.24) is 10.2 Å². The van der Waals surface area contributed by atoms with Gasteiger partial charge < -0.3 is 15.0 Å². The summed E-state index contributed by atoms with van der Waals surface area (Å²) in [7, 11) is -2.84. The number of methoxy groups -OCH3 is 1. The van der Waals surface area contributed by atoms with Crippen molar-refractivity contribution < 1.29 is 22.7 Å². The summed E-state index contributed by atoms with van der Waals surface area (Å²) in [5.41, 5.74) is 1.40. The van der Waals surface area contributed by atoms with Crippen LogP contribution in [0.3, 0.4) is 0 Å². The van der Waals surface area contributed by atoms with Gasteiger partial charge >= 0.3 is 0 Å². The Morgan fingerprint density at radius 2 is 1.52 bits per heavy atom. The van der Waals surface area contributed by atoms with Crippen molar-refractivity contribution >= 4 is 62.3 Å². The number of halogens is 3. The highest BCUT2D eigenvalue weighted by Gasteiger charge is 2.35. The smallest absolute Gasteiger partial charge is 0.264 e. The molecule has 0 saturated heterocycles. The Bertz CT molecular complexity index is 1740. The highest BCUT2D eigenvalue weighted by atomic mass is 35.5. The Balaban J connectivity index is 1.83. The zero-order chi connectivity index (χ0) is 33.3. The summed E-state index contributed by atoms with van der Waals surface area (Å²) >= 11 is 19.4. The van der Waals surface area contributed by atoms with E-state index in [1.165, 1.54) is 42.3 Å². The van der Waals surface area contributed by atoms with Crippen molar-refractivity contribution in [2.75, 3.05) is 24.5 Å². The van der Waals surface area contributed by atoms with Crippen LogP contribution in [-0.2, 0) is 32.6 Å². The number of hydrogen-bond donors (Lipinski definition) is 1. The van der Waals surface area contributed by atoms with Gasteiger partial charge in [0, 0.05) is 40.1 Å². The largest absolute Gasteiger partial charge is 0.497 e. The second-order valence-corrected chi connectivity index (χ2v) is 13.5. The molecule has 0 aliphatic rings. The van der Waals surface area contributed by atoms with E-state index in [0.29, 0.717) is 34.3 Å². The third kappa shape index (κ3) is 8.73. The molecule has 4 aromatic carbocycles. The fraction of sp³-hybridized carbons (Fsp3) is 0.235. The third-order valence-electron chi connectivity index (χ3n) is 7.23. The van der Waals surface area contributed by atoms with Crippen LogP contribution in [0.15, 0.2) is 102 Å². The number of carbonyl (C=O) groups is 2. The fourth-order valence-corrected chi connectivity index (χ4v) is 6.92. The lowest BCUT2D eigenvalue weighted by Crippen LogP contribution is -2.53. The van der Waals surface area contributed by atoms with Crippen molar-refractivity contribution in [1.29, 1.82) is 0 Å². The minimum Gasteiger partial charge on any atom is -0.497 e. The zero-order valence-electron chi connectivity index (χ0n) is 25.3. The molecule has 0 saturated carbocycles. The van der Waals surface area contributed by atoms with Gasteiger partial charge in [-0.1, -0.05) is 84.2 Å². The van der Waals surface area contributed by atoms with Gasteiger partial charge in [0.05, 0.1) is 17.7 Å². The number of hydrogen-bond acceptors (Lipinski definition) is 5. The summed E-state index contributed by atoms with van der Waals surface area (Å²) < 4.78 is 34.5. The molecule has 0 aliphatic carbocycles. The van der Waals surface area contributed by atoms with E-state index in [4.69, 9.17) is 39.5 Å². The number of nitrogens with one attached hydrogen (secondary N) is 1. The maximum Gasteiger partial charge on any atom is 0.264 e. The molecule has 46 heavy (non-hydrogen) atoms. The van der Waals surface area contributed by atoms with Gasteiger partial charge in [-0.25, -0.2) is 8.42 Å². The molecule has 0 radical (unpaired) electrons. The number of rotatable bonds is 14. The Kier molecular flexibility index (Phi) is 12.3. The third-order valence-corrected chi connectivity index (χ3v) is 9.96. The first kappa shape index (κ1) is 35.1.